The molecule has 0 fully saturated rings. The maximum Gasteiger partial charge on any atom is 0.127 e. The van der Waals surface area contributed by atoms with Crippen LogP contribution in [0.4, 0.5) is 0 Å². The second-order valence-electron chi connectivity index (χ2n) is 3.59. The zero-order chi connectivity index (χ0) is 11.5. The van der Waals surface area contributed by atoms with E-state index in [2.05, 4.69) is 14.5 Å². The van der Waals surface area contributed by atoms with Gasteiger partial charge in [0.2, 0.25) is 0 Å². The first-order chi connectivity index (χ1) is 7.74. The lowest BCUT2D eigenvalue weighted by atomic mass is 10.4. The number of hydrogen-bond acceptors (Lipinski definition) is 3. The van der Waals surface area contributed by atoms with Crippen molar-refractivity contribution in [2.24, 2.45) is 0 Å². The van der Waals surface area contributed by atoms with Crippen molar-refractivity contribution in [3.63, 3.8) is 0 Å². The van der Waals surface area contributed by atoms with E-state index in [0.29, 0.717) is 6.61 Å². The molecule has 0 aromatic carbocycles. The van der Waals surface area contributed by atoms with Crippen LogP contribution in [0, 0.1) is 0 Å². The van der Waals surface area contributed by atoms with Crippen molar-refractivity contribution >= 4 is 22.6 Å². The van der Waals surface area contributed by atoms with Crippen LogP contribution < -0.4 is 0 Å². The molecule has 0 N–H and O–H groups in total. The van der Waals surface area contributed by atoms with Gasteiger partial charge in [0.1, 0.15) is 11.3 Å². The number of aromatic nitrogens is 3. The van der Waals surface area contributed by atoms with Gasteiger partial charge in [-0.05, 0) is 13.0 Å². The van der Waals surface area contributed by atoms with E-state index in [1.54, 1.807) is 19.5 Å². The first-order valence-electron chi connectivity index (χ1n) is 5.17. The van der Waals surface area contributed by atoms with Gasteiger partial charge in [-0.2, -0.15) is 0 Å². The van der Waals surface area contributed by atoms with Crippen LogP contribution in [0.25, 0.3) is 11.0 Å². The molecule has 0 saturated carbocycles. The summed E-state index contributed by atoms with van der Waals surface area (Å²) >= 11 is 6.11. The minimum Gasteiger partial charge on any atom is -0.383 e. The normalized spacial score (nSPS) is 13.2. The highest BCUT2D eigenvalue weighted by atomic mass is 35.5. The zero-order valence-corrected chi connectivity index (χ0v) is 10.1. The lowest BCUT2D eigenvalue weighted by molar-refractivity contribution is 0.187. The number of imidazole rings is 1. The molecule has 0 aliphatic rings. The molecule has 0 radical (unpaired) electrons. The highest BCUT2D eigenvalue weighted by Crippen LogP contribution is 2.23. The molecule has 86 valence electrons. The Kier molecular flexibility index (Phi) is 3.41. The van der Waals surface area contributed by atoms with Crippen LogP contribution in [0.2, 0.25) is 0 Å². The molecule has 4 nitrogen and oxygen atoms in total. The van der Waals surface area contributed by atoms with Gasteiger partial charge in [-0.15, -0.1) is 11.6 Å². The Morgan fingerprint density at radius 2 is 2.38 bits per heavy atom. The maximum atomic E-state index is 6.11. The molecule has 1 atom stereocenters. The van der Waals surface area contributed by atoms with E-state index in [1.807, 2.05) is 13.0 Å². The number of fused-ring (bicyclic) bond motifs is 1. The SMILES string of the molecule is COCCn1c(C(C)Cl)nc2cnccc21. The summed E-state index contributed by atoms with van der Waals surface area (Å²) in [7, 11) is 1.68. The largest absolute Gasteiger partial charge is 0.383 e. The molecule has 0 aliphatic heterocycles. The Labute approximate surface area is 99.2 Å². The summed E-state index contributed by atoms with van der Waals surface area (Å²) in [5, 5.41) is -0.121. The Morgan fingerprint density at radius 1 is 1.56 bits per heavy atom. The Bertz CT molecular complexity index is 481. The molecule has 0 spiro atoms. The third-order valence-corrected chi connectivity index (χ3v) is 2.65. The average Bonchev–Trinajstić information content (AvgIpc) is 2.65. The second kappa shape index (κ2) is 4.80. The molecule has 2 heterocycles. The minimum atomic E-state index is -0.121. The fourth-order valence-corrected chi connectivity index (χ4v) is 1.89. The van der Waals surface area contributed by atoms with E-state index < -0.39 is 0 Å². The molecule has 5 heteroatoms. The van der Waals surface area contributed by atoms with Crippen molar-refractivity contribution in [1.82, 2.24) is 14.5 Å². The minimum absolute atomic E-state index is 0.121. The number of pyridine rings is 1. The molecular formula is C11H14ClN3O. The first kappa shape index (κ1) is 11.4. The van der Waals surface area contributed by atoms with Crippen LogP contribution >= 0.6 is 11.6 Å². The summed E-state index contributed by atoms with van der Waals surface area (Å²) in [5.41, 5.74) is 1.93. The van der Waals surface area contributed by atoms with Gasteiger partial charge in [0.15, 0.2) is 0 Å². The number of hydrogen-bond donors (Lipinski definition) is 0. The molecule has 1 unspecified atom stereocenters. The van der Waals surface area contributed by atoms with Gasteiger partial charge in [-0.1, -0.05) is 0 Å². The van der Waals surface area contributed by atoms with Crippen molar-refractivity contribution in [1.29, 1.82) is 0 Å². The summed E-state index contributed by atoms with van der Waals surface area (Å²) < 4.78 is 7.17. The van der Waals surface area contributed by atoms with Gasteiger partial charge in [-0.3, -0.25) is 4.98 Å². The van der Waals surface area contributed by atoms with E-state index in [1.165, 1.54) is 0 Å². The number of nitrogens with zero attached hydrogens (tertiary/aromatic N) is 3. The van der Waals surface area contributed by atoms with Crippen molar-refractivity contribution in [2.75, 3.05) is 13.7 Å². The van der Waals surface area contributed by atoms with E-state index >= 15 is 0 Å². The van der Waals surface area contributed by atoms with Gasteiger partial charge in [0, 0.05) is 19.9 Å². The molecule has 2 aromatic rings. The number of halogens is 1. The molecule has 0 saturated heterocycles. The monoisotopic (exact) mass is 239 g/mol. The van der Waals surface area contributed by atoms with Crippen LogP contribution in [-0.2, 0) is 11.3 Å². The predicted octanol–water partition coefficient (Wildman–Crippen LogP) is 2.38. The van der Waals surface area contributed by atoms with Gasteiger partial charge in [0.25, 0.3) is 0 Å². The van der Waals surface area contributed by atoms with Crippen LogP contribution in [0.1, 0.15) is 18.1 Å². The van der Waals surface area contributed by atoms with E-state index in [9.17, 15) is 0 Å². The van der Waals surface area contributed by atoms with Crippen LogP contribution in [0.15, 0.2) is 18.5 Å². The van der Waals surface area contributed by atoms with Gasteiger partial charge in [-0.25, -0.2) is 4.98 Å². The highest BCUT2D eigenvalue weighted by Gasteiger charge is 2.14. The third kappa shape index (κ3) is 2.03. The lowest BCUT2D eigenvalue weighted by Crippen LogP contribution is -2.08. The lowest BCUT2D eigenvalue weighted by Gasteiger charge is -2.09. The molecule has 2 aromatic heterocycles. The molecule has 16 heavy (non-hydrogen) atoms. The van der Waals surface area contributed by atoms with Gasteiger partial charge < -0.3 is 9.30 Å². The summed E-state index contributed by atoms with van der Waals surface area (Å²) in [4.78, 5) is 8.53. The number of rotatable bonds is 4. The maximum absolute atomic E-state index is 6.11. The predicted molar refractivity (Wildman–Crippen MR) is 63.7 cm³/mol. The summed E-state index contributed by atoms with van der Waals surface area (Å²) in [6, 6.07) is 1.95. The Balaban J connectivity index is 2.51. The zero-order valence-electron chi connectivity index (χ0n) is 9.35. The van der Waals surface area contributed by atoms with E-state index in [0.717, 1.165) is 23.4 Å². The second-order valence-corrected chi connectivity index (χ2v) is 4.25. The highest BCUT2D eigenvalue weighted by molar-refractivity contribution is 6.20. The van der Waals surface area contributed by atoms with Gasteiger partial charge >= 0.3 is 0 Å². The van der Waals surface area contributed by atoms with Gasteiger partial charge in [0.05, 0.1) is 23.7 Å². The number of alkyl halides is 1. The molecule has 0 amide bonds. The van der Waals surface area contributed by atoms with E-state index in [-0.39, 0.29) is 5.38 Å². The van der Waals surface area contributed by atoms with Crippen molar-refractivity contribution in [2.45, 2.75) is 18.8 Å². The fourth-order valence-electron chi connectivity index (χ4n) is 1.72. The van der Waals surface area contributed by atoms with Crippen molar-refractivity contribution < 1.29 is 4.74 Å². The molecule has 0 bridgehead atoms. The average molecular weight is 240 g/mol. The summed E-state index contributed by atoms with van der Waals surface area (Å²) in [6.07, 6.45) is 3.51. The van der Waals surface area contributed by atoms with Crippen LogP contribution in [0.5, 0.6) is 0 Å². The third-order valence-electron chi connectivity index (χ3n) is 2.45. The van der Waals surface area contributed by atoms with Crippen molar-refractivity contribution in [3.8, 4) is 0 Å². The van der Waals surface area contributed by atoms with Crippen LogP contribution in [-0.4, -0.2) is 28.3 Å². The first-order valence-corrected chi connectivity index (χ1v) is 5.61. The topological polar surface area (TPSA) is 39.9 Å². The summed E-state index contributed by atoms with van der Waals surface area (Å²) in [6.45, 7) is 3.31. The summed E-state index contributed by atoms with van der Waals surface area (Å²) in [5.74, 6) is 0.863. The standard InChI is InChI=1S/C11H14ClN3O/c1-8(12)11-14-9-7-13-4-3-10(9)15(11)5-6-16-2/h3-4,7-8H,5-6H2,1-2H3. The van der Waals surface area contributed by atoms with E-state index in [4.69, 9.17) is 16.3 Å². The quantitative estimate of drug-likeness (QED) is 0.769. The smallest absolute Gasteiger partial charge is 0.127 e. The van der Waals surface area contributed by atoms with Crippen molar-refractivity contribution in [3.05, 3.63) is 24.3 Å². The number of methoxy groups -OCH3 is 1. The Morgan fingerprint density at radius 3 is 3.06 bits per heavy atom. The molecular weight excluding hydrogens is 226 g/mol. The molecule has 2 rings (SSSR count). The Hall–Kier alpha value is -1.13. The van der Waals surface area contributed by atoms with Crippen LogP contribution in [0.3, 0.4) is 0 Å². The number of ether oxygens (including phenoxy) is 1. The fraction of sp³-hybridized carbons (Fsp3) is 0.455. The molecule has 0 aliphatic carbocycles.